The van der Waals surface area contributed by atoms with Gasteiger partial charge in [0.2, 0.25) is 0 Å². The highest BCUT2D eigenvalue weighted by Gasteiger charge is 2.14. The number of nitrogens with zero attached hydrogens (tertiary/aromatic N) is 1. The van der Waals surface area contributed by atoms with Gasteiger partial charge in [-0.15, -0.1) is 0 Å². The molecule has 3 N–H and O–H groups in total. The molecule has 0 aliphatic carbocycles. The molecule has 4 nitrogen and oxygen atoms in total. The number of H-pyrrole nitrogens is 1. The number of hydrogen-bond acceptors (Lipinski definition) is 2. The minimum atomic E-state index is 0.358. The van der Waals surface area contributed by atoms with E-state index < -0.39 is 0 Å². The highest BCUT2D eigenvalue weighted by Crippen LogP contribution is 2.27. The standard InChI is InChI=1S/C20H13N3O/c21-19-15(20-22-16-7-3-4-8-17(16)23-20)11-14-13-6-2-1-5-12(13)9-10-18(14)24-19/h1-11,21H,(H,22,23)/p+1. The lowest BCUT2D eigenvalue weighted by Crippen LogP contribution is -2.45. The van der Waals surface area contributed by atoms with Crippen molar-refractivity contribution < 1.29 is 9.83 Å². The summed E-state index contributed by atoms with van der Waals surface area (Å²) < 4.78 is 5.87. The van der Waals surface area contributed by atoms with Gasteiger partial charge in [0.1, 0.15) is 17.0 Å². The molecule has 4 heteroatoms. The molecule has 0 spiro atoms. The average molecular weight is 312 g/mol. The van der Waals surface area contributed by atoms with Crippen molar-refractivity contribution in [2.45, 2.75) is 0 Å². The van der Waals surface area contributed by atoms with Gasteiger partial charge in [-0.1, -0.05) is 42.5 Å². The van der Waals surface area contributed by atoms with Crippen LogP contribution in [0.3, 0.4) is 0 Å². The predicted octanol–water partition coefficient (Wildman–Crippen LogP) is 2.79. The van der Waals surface area contributed by atoms with E-state index in [2.05, 4.69) is 22.1 Å². The fourth-order valence-corrected chi connectivity index (χ4v) is 3.17. The SMILES string of the molecule is [NH2+]=c1oc2ccc3ccccc3c2cc1-c1nc2ccccc2[nH]1. The Bertz CT molecular complexity index is 1250. The summed E-state index contributed by atoms with van der Waals surface area (Å²) in [6.45, 7) is 0. The van der Waals surface area contributed by atoms with E-state index in [1.807, 2.05) is 54.6 Å². The highest BCUT2D eigenvalue weighted by molar-refractivity contribution is 6.06. The summed E-state index contributed by atoms with van der Waals surface area (Å²) in [5, 5.41) is 9.49. The Morgan fingerprint density at radius 3 is 2.62 bits per heavy atom. The topological polar surface area (TPSA) is 67.4 Å². The Morgan fingerprint density at radius 2 is 1.71 bits per heavy atom. The number of aromatic amines is 1. The molecule has 0 bridgehead atoms. The Morgan fingerprint density at radius 1 is 0.875 bits per heavy atom. The zero-order valence-corrected chi connectivity index (χ0v) is 12.8. The molecule has 3 aromatic carbocycles. The molecule has 2 heterocycles. The van der Waals surface area contributed by atoms with E-state index in [0.29, 0.717) is 11.4 Å². The van der Waals surface area contributed by atoms with Crippen molar-refractivity contribution in [3.63, 3.8) is 0 Å². The first kappa shape index (κ1) is 13.1. The second-order valence-corrected chi connectivity index (χ2v) is 5.83. The van der Waals surface area contributed by atoms with Crippen LogP contribution >= 0.6 is 0 Å². The lowest BCUT2D eigenvalue weighted by atomic mass is 10.0. The number of benzene rings is 3. The van der Waals surface area contributed by atoms with Crippen molar-refractivity contribution in [1.29, 1.82) is 0 Å². The summed E-state index contributed by atoms with van der Waals surface area (Å²) >= 11 is 0. The minimum Gasteiger partial charge on any atom is -0.404 e. The monoisotopic (exact) mass is 312 g/mol. The van der Waals surface area contributed by atoms with Gasteiger partial charge >= 0.3 is 5.55 Å². The maximum Gasteiger partial charge on any atom is 0.375 e. The second-order valence-electron chi connectivity index (χ2n) is 5.83. The van der Waals surface area contributed by atoms with E-state index in [1.165, 1.54) is 5.39 Å². The zero-order valence-electron chi connectivity index (χ0n) is 12.8. The molecule has 24 heavy (non-hydrogen) atoms. The molecule has 0 aliphatic heterocycles. The lowest BCUT2D eigenvalue weighted by Gasteiger charge is -2.03. The molecule has 0 radical (unpaired) electrons. The molecular weight excluding hydrogens is 298 g/mol. The maximum atomic E-state index is 6.16. The van der Waals surface area contributed by atoms with Crippen LogP contribution in [0.4, 0.5) is 0 Å². The Hall–Kier alpha value is -3.40. The Labute approximate surface area is 136 Å². The third kappa shape index (κ3) is 1.86. The van der Waals surface area contributed by atoms with E-state index in [0.717, 1.165) is 33.0 Å². The summed E-state index contributed by atoms with van der Waals surface area (Å²) in [6, 6.07) is 22.2. The van der Waals surface area contributed by atoms with Crippen LogP contribution in [0, 0.1) is 0 Å². The van der Waals surface area contributed by atoms with Crippen LogP contribution in [-0.2, 0) is 0 Å². The quantitative estimate of drug-likeness (QED) is 0.467. The van der Waals surface area contributed by atoms with Crippen LogP contribution in [0.15, 0.2) is 71.1 Å². The normalized spacial score (nSPS) is 11.5. The average Bonchev–Trinajstić information content (AvgIpc) is 3.04. The van der Waals surface area contributed by atoms with E-state index in [1.54, 1.807) is 0 Å². The highest BCUT2D eigenvalue weighted by atomic mass is 16.3. The molecule has 0 amide bonds. The smallest absolute Gasteiger partial charge is 0.375 e. The van der Waals surface area contributed by atoms with E-state index >= 15 is 0 Å². The van der Waals surface area contributed by atoms with Gasteiger partial charge in [0.05, 0.1) is 11.0 Å². The fourth-order valence-electron chi connectivity index (χ4n) is 3.17. The summed E-state index contributed by atoms with van der Waals surface area (Å²) in [7, 11) is 0. The number of para-hydroxylation sites is 2. The van der Waals surface area contributed by atoms with Gasteiger partial charge in [-0.25, -0.2) is 10.4 Å². The van der Waals surface area contributed by atoms with Gasteiger partial charge in [-0.05, 0) is 35.0 Å². The van der Waals surface area contributed by atoms with Crippen molar-refractivity contribution in [2.75, 3.05) is 0 Å². The van der Waals surface area contributed by atoms with E-state index in [9.17, 15) is 0 Å². The first-order chi connectivity index (χ1) is 11.8. The summed E-state index contributed by atoms with van der Waals surface area (Å²) in [6.07, 6.45) is 0. The Balaban J connectivity index is 1.86. The van der Waals surface area contributed by atoms with Crippen molar-refractivity contribution in [3.8, 4) is 11.4 Å². The molecule has 0 atom stereocenters. The predicted molar refractivity (Wildman–Crippen MR) is 93.9 cm³/mol. The number of fused-ring (bicyclic) bond motifs is 4. The molecule has 5 rings (SSSR count). The van der Waals surface area contributed by atoms with E-state index in [4.69, 9.17) is 9.83 Å². The largest absolute Gasteiger partial charge is 0.404 e. The third-order valence-corrected chi connectivity index (χ3v) is 4.35. The van der Waals surface area contributed by atoms with Crippen molar-refractivity contribution in [2.24, 2.45) is 0 Å². The summed E-state index contributed by atoms with van der Waals surface area (Å²) in [5.74, 6) is 0.715. The number of rotatable bonds is 1. The van der Waals surface area contributed by atoms with Gasteiger partial charge in [0.15, 0.2) is 0 Å². The van der Waals surface area contributed by atoms with Gasteiger partial charge in [-0.3, -0.25) is 0 Å². The lowest BCUT2D eigenvalue weighted by molar-refractivity contribution is -0.196. The number of nitrogens with two attached hydrogens (primary N) is 1. The minimum absolute atomic E-state index is 0.358. The summed E-state index contributed by atoms with van der Waals surface area (Å²) in [4.78, 5) is 7.95. The molecular formula is C20H14N3O+. The first-order valence-corrected chi connectivity index (χ1v) is 7.79. The fraction of sp³-hybridized carbons (Fsp3) is 0. The van der Waals surface area contributed by atoms with Crippen LogP contribution in [0.1, 0.15) is 0 Å². The molecule has 0 saturated heterocycles. The maximum absolute atomic E-state index is 6.16. The van der Waals surface area contributed by atoms with Crippen molar-refractivity contribution in [3.05, 3.63) is 72.3 Å². The van der Waals surface area contributed by atoms with Crippen LogP contribution < -0.4 is 11.0 Å². The molecule has 2 aromatic heterocycles. The van der Waals surface area contributed by atoms with Crippen LogP contribution in [0.2, 0.25) is 0 Å². The van der Waals surface area contributed by atoms with Crippen molar-refractivity contribution >= 4 is 32.8 Å². The van der Waals surface area contributed by atoms with Crippen LogP contribution in [0.5, 0.6) is 0 Å². The van der Waals surface area contributed by atoms with Gasteiger partial charge in [-0.2, -0.15) is 0 Å². The number of hydrogen-bond donors (Lipinski definition) is 2. The molecule has 0 fully saturated rings. The van der Waals surface area contributed by atoms with Crippen molar-refractivity contribution in [1.82, 2.24) is 9.97 Å². The molecule has 0 aliphatic rings. The van der Waals surface area contributed by atoms with Gasteiger partial charge in [0.25, 0.3) is 0 Å². The van der Waals surface area contributed by atoms with Crippen LogP contribution in [-0.4, -0.2) is 9.97 Å². The zero-order chi connectivity index (χ0) is 16.1. The van der Waals surface area contributed by atoms with Gasteiger partial charge < -0.3 is 9.40 Å². The second kappa shape index (κ2) is 4.80. The molecule has 5 aromatic rings. The summed E-state index contributed by atoms with van der Waals surface area (Å²) in [5.41, 5.74) is 3.78. The molecule has 114 valence electrons. The molecule has 0 saturated carbocycles. The number of imidazole rings is 1. The first-order valence-electron chi connectivity index (χ1n) is 7.79. The van der Waals surface area contributed by atoms with Gasteiger partial charge in [0, 0.05) is 5.39 Å². The molecule has 0 unspecified atom stereocenters. The third-order valence-electron chi connectivity index (χ3n) is 4.35. The van der Waals surface area contributed by atoms with E-state index in [-0.39, 0.29) is 0 Å². The number of aromatic nitrogens is 2. The van der Waals surface area contributed by atoms with Crippen LogP contribution in [0.25, 0.3) is 44.2 Å². The number of nitrogens with one attached hydrogen (secondary N) is 1. The Kier molecular flexibility index (Phi) is 2.61.